The number of carbonyl (C=O) groups excluding carboxylic acids is 1. The van der Waals surface area contributed by atoms with E-state index in [4.69, 9.17) is 9.84 Å². The highest BCUT2D eigenvalue weighted by atomic mass is 32.1. The Morgan fingerprint density at radius 3 is 2.57 bits per heavy atom. The highest BCUT2D eigenvalue weighted by Crippen LogP contribution is 2.35. The Morgan fingerprint density at radius 1 is 1.19 bits per heavy atom. The van der Waals surface area contributed by atoms with E-state index in [-0.39, 0.29) is 16.4 Å². The topological polar surface area (TPSA) is 66.8 Å². The molecule has 3 rings (SSSR count). The van der Waals surface area contributed by atoms with Gasteiger partial charge >= 0.3 is 5.97 Å². The minimum Gasteiger partial charge on any atom is -0.477 e. The van der Waals surface area contributed by atoms with Gasteiger partial charge in [0, 0.05) is 6.54 Å². The summed E-state index contributed by atoms with van der Waals surface area (Å²) >= 11 is 1.05. The summed E-state index contributed by atoms with van der Waals surface area (Å²) < 4.78 is 5.98. The molecule has 1 aromatic heterocycles. The van der Waals surface area contributed by atoms with E-state index >= 15 is 0 Å². The molecule has 114 valence electrons. The predicted molar refractivity (Wildman–Crippen MR) is 78.9 cm³/mol. The van der Waals surface area contributed by atoms with Gasteiger partial charge in [-0.3, -0.25) is 4.79 Å². The average molecular weight is 309 g/mol. The third-order valence-corrected chi connectivity index (χ3v) is 5.39. The molecule has 1 saturated heterocycles. The van der Waals surface area contributed by atoms with Crippen LogP contribution in [0, 0.1) is 0 Å². The molecule has 1 amide bonds. The Bertz CT molecular complexity index is 542. The lowest BCUT2D eigenvalue weighted by Gasteiger charge is -2.44. The smallest absolute Gasteiger partial charge is 0.345 e. The number of rotatable bonds is 2. The maximum Gasteiger partial charge on any atom is 0.345 e. The first kappa shape index (κ1) is 14.5. The van der Waals surface area contributed by atoms with Crippen LogP contribution in [0.2, 0.25) is 0 Å². The number of morpholine rings is 1. The van der Waals surface area contributed by atoms with E-state index in [0.717, 1.165) is 37.0 Å². The van der Waals surface area contributed by atoms with E-state index in [2.05, 4.69) is 0 Å². The highest BCUT2D eigenvalue weighted by molar-refractivity contribution is 7.15. The maximum atomic E-state index is 12.5. The third kappa shape index (κ3) is 2.96. The van der Waals surface area contributed by atoms with Crippen LogP contribution in [0.1, 0.15) is 51.4 Å². The summed E-state index contributed by atoms with van der Waals surface area (Å²) in [5.74, 6) is -1.05. The molecule has 1 spiro atoms. The molecule has 1 saturated carbocycles. The Hall–Kier alpha value is -1.40. The Morgan fingerprint density at radius 2 is 1.90 bits per heavy atom. The fourth-order valence-corrected chi connectivity index (χ4v) is 4.05. The van der Waals surface area contributed by atoms with Gasteiger partial charge in [-0.05, 0) is 25.0 Å². The molecule has 0 aromatic carbocycles. The number of carbonyl (C=O) groups is 2. The summed E-state index contributed by atoms with van der Waals surface area (Å²) in [6.07, 6.45) is 5.59. The summed E-state index contributed by atoms with van der Waals surface area (Å²) in [5.41, 5.74) is -0.168. The minimum absolute atomic E-state index is 0.0688. The molecule has 0 unspecified atom stereocenters. The van der Waals surface area contributed by atoms with Crippen molar-refractivity contribution in [1.29, 1.82) is 0 Å². The number of amides is 1. The predicted octanol–water partition coefficient (Wildman–Crippen LogP) is 2.62. The molecule has 2 heterocycles. The van der Waals surface area contributed by atoms with Crippen molar-refractivity contribution >= 4 is 23.2 Å². The summed E-state index contributed by atoms with van der Waals surface area (Å²) in [4.78, 5) is 26.0. The van der Waals surface area contributed by atoms with Gasteiger partial charge in [0.15, 0.2) is 0 Å². The summed E-state index contributed by atoms with van der Waals surface area (Å²) in [7, 11) is 0. The molecular weight excluding hydrogens is 290 g/mol. The van der Waals surface area contributed by atoms with Gasteiger partial charge in [-0.15, -0.1) is 11.3 Å². The number of carboxylic acid groups (broad SMARTS) is 1. The standard InChI is InChI=1S/C15H19NO4S/c17-13(11-4-5-12(21-11)14(18)19)16-8-9-20-15(10-16)6-2-1-3-7-15/h4-5H,1-3,6-10H2,(H,18,19). The third-order valence-electron chi connectivity index (χ3n) is 4.33. The molecule has 1 aliphatic heterocycles. The van der Waals surface area contributed by atoms with E-state index in [1.54, 1.807) is 6.07 Å². The van der Waals surface area contributed by atoms with Crippen molar-refractivity contribution in [2.45, 2.75) is 37.7 Å². The van der Waals surface area contributed by atoms with Gasteiger partial charge in [0.25, 0.3) is 5.91 Å². The highest BCUT2D eigenvalue weighted by Gasteiger charge is 2.39. The summed E-state index contributed by atoms with van der Waals surface area (Å²) in [5, 5.41) is 8.95. The first-order chi connectivity index (χ1) is 10.1. The first-order valence-electron chi connectivity index (χ1n) is 7.36. The van der Waals surface area contributed by atoms with Crippen LogP contribution in [0.25, 0.3) is 0 Å². The molecule has 5 nitrogen and oxygen atoms in total. The number of carboxylic acids is 1. The van der Waals surface area contributed by atoms with Gasteiger partial charge in [0.1, 0.15) is 4.88 Å². The maximum absolute atomic E-state index is 12.5. The zero-order valence-corrected chi connectivity index (χ0v) is 12.7. The van der Waals surface area contributed by atoms with E-state index in [1.807, 2.05) is 4.90 Å². The number of hydrogen-bond acceptors (Lipinski definition) is 4. The van der Waals surface area contributed by atoms with Crippen molar-refractivity contribution in [3.05, 3.63) is 21.9 Å². The molecule has 1 aliphatic carbocycles. The second-order valence-electron chi connectivity index (χ2n) is 5.79. The van der Waals surface area contributed by atoms with Crippen LogP contribution < -0.4 is 0 Å². The zero-order chi connectivity index (χ0) is 14.9. The molecule has 0 bridgehead atoms. The van der Waals surface area contributed by atoms with Crippen LogP contribution in [0.15, 0.2) is 12.1 Å². The molecule has 1 aromatic rings. The second-order valence-corrected chi connectivity index (χ2v) is 6.87. The summed E-state index contributed by atoms with van der Waals surface area (Å²) in [6.45, 7) is 1.79. The van der Waals surface area contributed by atoms with Gasteiger partial charge in [-0.2, -0.15) is 0 Å². The van der Waals surface area contributed by atoms with E-state index in [9.17, 15) is 9.59 Å². The quantitative estimate of drug-likeness (QED) is 0.912. The van der Waals surface area contributed by atoms with Gasteiger partial charge < -0.3 is 14.7 Å². The van der Waals surface area contributed by atoms with Crippen LogP contribution in [-0.4, -0.2) is 47.2 Å². The number of thiophene rings is 1. The zero-order valence-electron chi connectivity index (χ0n) is 11.8. The van der Waals surface area contributed by atoms with Gasteiger partial charge in [-0.1, -0.05) is 19.3 Å². The van der Waals surface area contributed by atoms with Crippen LogP contribution >= 0.6 is 11.3 Å². The van der Waals surface area contributed by atoms with Crippen LogP contribution in [0.3, 0.4) is 0 Å². The molecule has 0 atom stereocenters. The second kappa shape index (κ2) is 5.77. The van der Waals surface area contributed by atoms with Crippen LogP contribution in [0.4, 0.5) is 0 Å². The van der Waals surface area contributed by atoms with Crippen molar-refractivity contribution in [3.63, 3.8) is 0 Å². The number of aromatic carboxylic acids is 1. The molecule has 6 heteroatoms. The lowest BCUT2D eigenvalue weighted by Crippen LogP contribution is -2.54. The SMILES string of the molecule is O=C(O)c1ccc(C(=O)N2CCOC3(CCCCC3)C2)s1. The molecule has 0 radical (unpaired) electrons. The number of ether oxygens (including phenoxy) is 1. The van der Waals surface area contributed by atoms with Gasteiger partial charge in [0.05, 0.1) is 23.6 Å². The van der Waals surface area contributed by atoms with Crippen molar-refractivity contribution in [2.75, 3.05) is 19.7 Å². The lowest BCUT2D eigenvalue weighted by atomic mass is 9.83. The largest absolute Gasteiger partial charge is 0.477 e. The molecule has 2 fully saturated rings. The molecular formula is C15H19NO4S. The van der Waals surface area contributed by atoms with Crippen molar-refractivity contribution < 1.29 is 19.4 Å². The van der Waals surface area contributed by atoms with Gasteiger partial charge in [0.2, 0.25) is 0 Å². The Labute approximate surface area is 127 Å². The first-order valence-corrected chi connectivity index (χ1v) is 8.18. The van der Waals surface area contributed by atoms with Gasteiger partial charge in [-0.25, -0.2) is 4.79 Å². The van der Waals surface area contributed by atoms with E-state index in [0.29, 0.717) is 24.6 Å². The Balaban J connectivity index is 1.73. The van der Waals surface area contributed by atoms with Crippen molar-refractivity contribution in [3.8, 4) is 0 Å². The summed E-state index contributed by atoms with van der Waals surface area (Å²) in [6, 6.07) is 3.11. The van der Waals surface area contributed by atoms with Crippen molar-refractivity contribution in [2.24, 2.45) is 0 Å². The van der Waals surface area contributed by atoms with Crippen molar-refractivity contribution in [1.82, 2.24) is 4.90 Å². The fourth-order valence-electron chi connectivity index (χ4n) is 3.24. The molecule has 21 heavy (non-hydrogen) atoms. The molecule has 2 aliphatic rings. The number of nitrogens with zero attached hydrogens (tertiary/aromatic N) is 1. The average Bonchev–Trinajstić information content (AvgIpc) is 2.97. The van der Waals surface area contributed by atoms with Crippen LogP contribution in [0.5, 0.6) is 0 Å². The van der Waals surface area contributed by atoms with E-state index in [1.165, 1.54) is 12.5 Å². The molecule has 1 N–H and O–H groups in total. The fraction of sp³-hybridized carbons (Fsp3) is 0.600. The minimum atomic E-state index is -0.982. The Kier molecular flexibility index (Phi) is 3.99. The van der Waals surface area contributed by atoms with E-state index < -0.39 is 5.97 Å². The normalized spacial score (nSPS) is 21.4. The van der Waals surface area contributed by atoms with Crippen LogP contribution in [-0.2, 0) is 4.74 Å². The lowest BCUT2D eigenvalue weighted by molar-refractivity contribution is -0.117. The monoisotopic (exact) mass is 309 g/mol. The number of hydrogen-bond donors (Lipinski definition) is 1.